The molecule has 0 aromatic carbocycles. The quantitative estimate of drug-likeness (QED) is 0.753. The Kier molecular flexibility index (Phi) is 7.70. The van der Waals surface area contributed by atoms with Crippen molar-refractivity contribution in [3.8, 4) is 0 Å². The summed E-state index contributed by atoms with van der Waals surface area (Å²) in [6.45, 7) is 0. The molecular formula is C8H7BrCl2N4O. The zero-order valence-corrected chi connectivity index (χ0v) is 11.0. The molecule has 0 aliphatic carbocycles. The molecule has 1 N–H and O–H groups in total. The second-order valence-corrected chi connectivity index (χ2v) is 3.51. The maximum atomic E-state index is 10.1. The fourth-order valence-corrected chi connectivity index (χ4v) is 0.909. The Bertz CT molecular complexity index is 424. The summed E-state index contributed by atoms with van der Waals surface area (Å²) in [5.74, 6) is 0. The van der Waals surface area contributed by atoms with E-state index in [1.807, 2.05) is 0 Å². The van der Waals surface area contributed by atoms with E-state index in [0.29, 0.717) is 0 Å². The number of rotatable bonds is 0. The largest absolute Gasteiger partial charge is 0.344 e. The summed E-state index contributed by atoms with van der Waals surface area (Å²) in [5, 5.41) is 0.271. The van der Waals surface area contributed by atoms with Gasteiger partial charge in [-0.25, -0.2) is 19.7 Å². The highest BCUT2D eigenvalue weighted by Gasteiger charge is 1.86. The summed E-state index contributed by atoms with van der Waals surface area (Å²) in [4.78, 5) is 23.2. The number of nitrogens with zero attached hydrogens (tertiary/aromatic N) is 3. The minimum absolute atomic E-state index is 0. The number of H-pyrrole nitrogens is 1. The molecular weight excluding hydrogens is 319 g/mol. The van der Waals surface area contributed by atoms with Crippen LogP contribution < -0.4 is 5.69 Å². The summed E-state index contributed by atoms with van der Waals surface area (Å²) < 4.78 is 0.835. The molecule has 0 unspecified atom stereocenters. The van der Waals surface area contributed by atoms with Gasteiger partial charge in [-0.2, -0.15) is 0 Å². The third-order valence-corrected chi connectivity index (χ3v) is 1.77. The molecule has 8 heteroatoms. The molecule has 2 aromatic rings. The molecule has 0 aliphatic rings. The Morgan fingerprint density at radius 1 is 1.25 bits per heavy atom. The predicted octanol–water partition coefficient (Wildman–Crippen LogP) is 2.08. The van der Waals surface area contributed by atoms with Crippen molar-refractivity contribution < 1.29 is 0 Å². The molecule has 2 heterocycles. The zero-order valence-electron chi connectivity index (χ0n) is 7.80. The van der Waals surface area contributed by atoms with E-state index in [1.165, 1.54) is 12.4 Å². The van der Waals surface area contributed by atoms with Gasteiger partial charge in [0.2, 0.25) is 5.28 Å². The molecule has 0 spiro atoms. The first-order valence-corrected chi connectivity index (χ1v) is 4.98. The van der Waals surface area contributed by atoms with Crippen LogP contribution in [-0.4, -0.2) is 19.9 Å². The lowest BCUT2D eigenvalue weighted by molar-refractivity contribution is 1.08. The Balaban J connectivity index is 0.000000267. The molecule has 0 fully saturated rings. The van der Waals surface area contributed by atoms with Gasteiger partial charge in [-0.15, -0.1) is 12.4 Å². The van der Waals surface area contributed by atoms with E-state index < -0.39 is 0 Å². The second kappa shape index (κ2) is 8.20. The lowest BCUT2D eigenvalue weighted by Gasteiger charge is -1.85. The van der Waals surface area contributed by atoms with Crippen molar-refractivity contribution in [3.05, 3.63) is 51.1 Å². The maximum Gasteiger partial charge on any atom is 0.344 e. The number of halogens is 3. The molecule has 0 saturated carbocycles. The minimum atomic E-state index is -0.303. The number of hydrogen-bond acceptors (Lipinski definition) is 4. The monoisotopic (exact) mass is 324 g/mol. The highest BCUT2D eigenvalue weighted by atomic mass is 79.9. The Morgan fingerprint density at radius 2 is 1.88 bits per heavy atom. The molecule has 2 rings (SSSR count). The van der Waals surface area contributed by atoms with Crippen LogP contribution in [0.2, 0.25) is 5.28 Å². The van der Waals surface area contributed by atoms with Crippen LogP contribution in [0.15, 0.2) is 40.1 Å². The van der Waals surface area contributed by atoms with Crippen LogP contribution in [0.25, 0.3) is 0 Å². The van der Waals surface area contributed by atoms with Crippen LogP contribution >= 0.6 is 39.9 Å². The number of nitrogens with one attached hydrogen (secondary N) is 1. The van der Waals surface area contributed by atoms with Gasteiger partial charge in [-0.1, -0.05) is 0 Å². The SMILES string of the molecule is Cl.Clc1ncc(Br)cn1.O=c1nccc[nH]1. The summed E-state index contributed by atoms with van der Waals surface area (Å²) >= 11 is 8.53. The van der Waals surface area contributed by atoms with E-state index in [2.05, 4.69) is 35.9 Å². The fourth-order valence-electron chi connectivity index (χ4n) is 0.607. The lowest BCUT2D eigenvalue weighted by Crippen LogP contribution is -2.05. The van der Waals surface area contributed by atoms with Crippen LogP contribution in [0, 0.1) is 0 Å². The van der Waals surface area contributed by atoms with Crippen LogP contribution in [0.3, 0.4) is 0 Å². The fraction of sp³-hybridized carbons (Fsp3) is 0. The van der Waals surface area contributed by atoms with Crippen molar-refractivity contribution in [3.63, 3.8) is 0 Å². The average molecular weight is 326 g/mol. The van der Waals surface area contributed by atoms with Gasteiger partial charge >= 0.3 is 5.69 Å². The van der Waals surface area contributed by atoms with E-state index in [9.17, 15) is 4.79 Å². The van der Waals surface area contributed by atoms with Crippen LogP contribution in [0.4, 0.5) is 0 Å². The van der Waals surface area contributed by atoms with E-state index in [4.69, 9.17) is 11.6 Å². The summed E-state index contributed by atoms with van der Waals surface area (Å²) in [7, 11) is 0. The lowest BCUT2D eigenvalue weighted by atomic mass is 10.7. The van der Waals surface area contributed by atoms with Crippen molar-refractivity contribution in [1.29, 1.82) is 0 Å². The van der Waals surface area contributed by atoms with E-state index >= 15 is 0 Å². The molecule has 16 heavy (non-hydrogen) atoms. The molecule has 0 bridgehead atoms. The van der Waals surface area contributed by atoms with Crippen LogP contribution in [0.1, 0.15) is 0 Å². The van der Waals surface area contributed by atoms with Gasteiger partial charge in [-0.05, 0) is 33.6 Å². The first-order chi connectivity index (χ1) is 7.18. The average Bonchev–Trinajstić information content (AvgIpc) is 2.25. The molecule has 2 aromatic heterocycles. The second-order valence-electron chi connectivity index (χ2n) is 2.26. The molecule has 0 atom stereocenters. The van der Waals surface area contributed by atoms with Crippen molar-refractivity contribution >= 4 is 39.9 Å². The highest BCUT2D eigenvalue weighted by Crippen LogP contribution is 2.06. The normalized spacial score (nSPS) is 8.38. The summed E-state index contributed by atoms with van der Waals surface area (Å²) in [6, 6.07) is 1.65. The van der Waals surface area contributed by atoms with Crippen molar-refractivity contribution in [2.75, 3.05) is 0 Å². The third kappa shape index (κ3) is 6.49. The molecule has 86 valence electrons. The third-order valence-electron chi connectivity index (χ3n) is 1.17. The molecule has 0 amide bonds. The Hall–Kier alpha value is -0.980. The van der Waals surface area contributed by atoms with Crippen LogP contribution in [-0.2, 0) is 0 Å². The van der Waals surface area contributed by atoms with E-state index in [-0.39, 0.29) is 23.4 Å². The number of aromatic nitrogens is 4. The number of hydrogen-bond donors (Lipinski definition) is 1. The van der Waals surface area contributed by atoms with Gasteiger partial charge in [0.1, 0.15) is 0 Å². The zero-order chi connectivity index (χ0) is 11.1. The van der Waals surface area contributed by atoms with Crippen molar-refractivity contribution in [2.45, 2.75) is 0 Å². The summed E-state index contributed by atoms with van der Waals surface area (Å²) in [6.07, 6.45) is 6.17. The van der Waals surface area contributed by atoms with E-state index in [1.54, 1.807) is 18.5 Å². The van der Waals surface area contributed by atoms with Gasteiger partial charge in [0.05, 0.1) is 4.47 Å². The van der Waals surface area contributed by atoms with Gasteiger partial charge in [-0.3, -0.25) is 0 Å². The predicted molar refractivity (Wildman–Crippen MR) is 66.8 cm³/mol. The summed E-state index contributed by atoms with van der Waals surface area (Å²) in [5.41, 5.74) is -0.303. The standard InChI is InChI=1S/C4H2BrClN2.C4H4N2O.ClH/c5-3-1-7-4(6)8-2-3;7-4-5-2-1-3-6-4;/h1-2H;1-3H,(H,5,6,7);1H. The molecule has 5 nitrogen and oxygen atoms in total. The van der Waals surface area contributed by atoms with E-state index in [0.717, 1.165) is 4.47 Å². The van der Waals surface area contributed by atoms with Crippen molar-refractivity contribution in [1.82, 2.24) is 19.9 Å². The van der Waals surface area contributed by atoms with Gasteiger partial charge in [0, 0.05) is 24.8 Å². The first-order valence-electron chi connectivity index (χ1n) is 3.81. The molecule has 0 saturated heterocycles. The smallest absolute Gasteiger partial charge is 0.313 e. The van der Waals surface area contributed by atoms with Gasteiger partial charge < -0.3 is 4.98 Å². The highest BCUT2D eigenvalue weighted by molar-refractivity contribution is 9.10. The molecule has 0 radical (unpaired) electrons. The Morgan fingerprint density at radius 3 is 2.19 bits per heavy atom. The van der Waals surface area contributed by atoms with Crippen LogP contribution in [0.5, 0.6) is 0 Å². The number of aromatic amines is 1. The topological polar surface area (TPSA) is 71.5 Å². The van der Waals surface area contributed by atoms with Gasteiger partial charge in [0.25, 0.3) is 0 Å². The van der Waals surface area contributed by atoms with Crippen molar-refractivity contribution in [2.24, 2.45) is 0 Å². The Labute approximate surface area is 111 Å². The minimum Gasteiger partial charge on any atom is -0.313 e. The molecule has 0 aliphatic heterocycles. The van der Waals surface area contributed by atoms with Gasteiger partial charge in [0.15, 0.2) is 0 Å². The first kappa shape index (κ1) is 15.0. The maximum absolute atomic E-state index is 10.1.